The van der Waals surface area contributed by atoms with E-state index in [4.69, 9.17) is 4.74 Å². The van der Waals surface area contributed by atoms with Gasteiger partial charge in [0.2, 0.25) is 5.13 Å². The van der Waals surface area contributed by atoms with Crippen LogP contribution in [-0.4, -0.2) is 41.1 Å². The lowest BCUT2D eigenvalue weighted by atomic mass is 10.1. The SMILES string of the molecule is Cc1ncccc1Oc1cc(Sc2ccccn2)cnc1Nc1nc(C(C)(O)CO)ns1. The molecule has 0 saturated heterocycles. The average Bonchev–Trinajstić information content (AvgIpc) is 3.27. The van der Waals surface area contributed by atoms with Crippen LogP contribution in [0.25, 0.3) is 0 Å². The minimum absolute atomic E-state index is 0.125. The monoisotopic (exact) mass is 468 g/mol. The Morgan fingerprint density at radius 1 is 1.12 bits per heavy atom. The average molecular weight is 469 g/mol. The Balaban J connectivity index is 1.65. The summed E-state index contributed by atoms with van der Waals surface area (Å²) in [6.07, 6.45) is 5.13. The molecule has 164 valence electrons. The second kappa shape index (κ2) is 9.57. The van der Waals surface area contributed by atoms with Gasteiger partial charge in [-0.3, -0.25) is 4.98 Å². The molecule has 1 unspecified atom stereocenters. The van der Waals surface area contributed by atoms with Crippen molar-refractivity contribution in [2.24, 2.45) is 0 Å². The van der Waals surface area contributed by atoms with E-state index in [1.807, 2.05) is 37.3 Å². The summed E-state index contributed by atoms with van der Waals surface area (Å²) in [5, 5.41) is 23.8. The number of hydrogen-bond donors (Lipinski definition) is 3. The van der Waals surface area contributed by atoms with Crippen LogP contribution < -0.4 is 10.1 Å². The van der Waals surface area contributed by atoms with Crippen molar-refractivity contribution in [1.82, 2.24) is 24.3 Å². The molecular formula is C21H20N6O3S2. The number of nitrogens with zero attached hydrogens (tertiary/aromatic N) is 5. The van der Waals surface area contributed by atoms with Gasteiger partial charge >= 0.3 is 0 Å². The van der Waals surface area contributed by atoms with Gasteiger partial charge in [0.1, 0.15) is 16.4 Å². The number of anilines is 2. The van der Waals surface area contributed by atoms with E-state index in [1.165, 1.54) is 18.7 Å². The fourth-order valence-electron chi connectivity index (χ4n) is 2.54. The Morgan fingerprint density at radius 2 is 1.97 bits per heavy atom. The summed E-state index contributed by atoms with van der Waals surface area (Å²) >= 11 is 2.50. The fraction of sp³-hybridized carbons (Fsp3) is 0.190. The molecule has 3 N–H and O–H groups in total. The van der Waals surface area contributed by atoms with Crippen LogP contribution in [-0.2, 0) is 5.60 Å². The van der Waals surface area contributed by atoms with Crippen LogP contribution in [0.2, 0.25) is 0 Å². The van der Waals surface area contributed by atoms with Gasteiger partial charge in [0, 0.05) is 41.1 Å². The quantitative estimate of drug-likeness (QED) is 0.350. The van der Waals surface area contributed by atoms with Crippen molar-refractivity contribution in [3.8, 4) is 11.5 Å². The number of aliphatic hydroxyl groups is 2. The molecule has 0 bridgehead atoms. The molecule has 9 nitrogen and oxygen atoms in total. The van der Waals surface area contributed by atoms with Crippen molar-refractivity contribution < 1.29 is 14.9 Å². The zero-order valence-corrected chi connectivity index (χ0v) is 18.9. The van der Waals surface area contributed by atoms with Crippen LogP contribution >= 0.6 is 23.3 Å². The van der Waals surface area contributed by atoms with Gasteiger partial charge in [0.15, 0.2) is 17.4 Å². The minimum atomic E-state index is -1.53. The van der Waals surface area contributed by atoms with Crippen LogP contribution in [0.15, 0.2) is 64.9 Å². The van der Waals surface area contributed by atoms with E-state index in [0.717, 1.165) is 27.1 Å². The van der Waals surface area contributed by atoms with E-state index in [1.54, 1.807) is 24.7 Å². The number of aliphatic hydroxyl groups excluding tert-OH is 1. The van der Waals surface area contributed by atoms with Crippen molar-refractivity contribution in [3.63, 3.8) is 0 Å². The van der Waals surface area contributed by atoms with Crippen molar-refractivity contribution in [2.75, 3.05) is 11.9 Å². The Bertz CT molecular complexity index is 1200. The molecule has 0 aliphatic heterocycles. The normalized spacial score (nSPS) is 12.9. The van der Waals surface area contributed by atoms with Gasteiger partial charge in [0.05, 0.1) is 12.3 Å². The Kier molecular flexibility index (Phi) is 6.61. The van der Waals surface area contributed by atoms with Crippen LogP contribution in [0.3, 0.4) is 0 Å². The predicted octanol–water partition coefficient (Wildman–Crippen LogP) is 3.92. The van der Waals surface area contributed by atoms with Gasteiger partial charge in [0.25, 0.3) is 0 Å². The molecule has 4 heterocycles. The van der Waals surface area contributed by atoms with Crippen molar-refractivity contribution in [2.45, 2.75) is 29.4 Å². The van der Waals surface area contributed by atoms with E-state index in [-0.39, 0.29) is 5.82 Å². The summed E-state index contributed by atoms with van der Waals surface area (Å²) in [7, 11) is 0. The van der Waals surface area contributed by atoms with E-state index >= 15 is 0 Å². The molecule has 4 rings (SSSR count). The lowest BCUT2D eigenvalue weighted by Crippen LogP contribution is -2.27. The first kappa shape index (κ1) is 22.1. The molecule has 0 spiro atoms. The summed E-state index contributed by atoms with van der Waals surface area (Å²) in [6.45, 7) is 2.81. The molecule has 32 heavy (non-hydrogen) atoms. The van der Waals surface area contributed by atoms with E-state index in [9.17, 15) is 10.2 Å². The number of pyridine rings is 3. The smallest absolute Gasteiger partial charge is 0.208 e. The third-order valence-electron chi connectivity index (χ3n) is 4.31. The lowest BCUT2D eigenvalue weighted by molar-refractivity contribution is -0.00865. The van der Waals surface area contributed by atoms with E-state index < -0.39 is 12.2 Å². The Hall–Kier alpha value is -3.12. The number of hydrogen-bond acceptors (Lipinski definition) is 11. The third-order valence-corrected chi connectivity index (χ3v) is 5.85. The number of nitrogens with one attached hydrogen (secondary N) is 1. The molecule has 0 fully saturated rings. The minimum Gasteiger partial charge on any atom is -0.452 e. The highest BCUT2D eigenvalue weighted by molar-refractivity contribution is 7.99. The number of rotatable bonds is 8. The van der Waals surface area contributed by atoms with E-state index in [0.29, 0.717) is 22.4 Å². The summed E-state index contributed by atoms with van der Waals surface area (Å²) < 4.78 is 10.3. The molecule has 0 amide bonds. The summed E-state index contributed by atoms with van der Waals surface area (Å²) in [5.74, 6) is 1.61. The predicted molar refractivity (Wildman–Crippen MR) is 121 cm³/mol. The summed E-state index contributed by atoms with van der Waals surface area (Å²) in [6, 6.07) is 11.2. The van der Waals surface area contributed by atoms with Gasteiger partial charge in [-0.1, -0.05) is 17.8 Å². The molecule has 0 aromatic carbocycles. The van der Waals surface area contributed by atoms with Gasteiger partial charge in [-0.25, -0.2) is 15.0 Å². The molecule has 11 heteroatoms. The number of aryl methyl sites for hydroxylation is 1. The zero-order valence-electron chi connectivity index (χ0n) is 17.3. The topological polar surface area (TPSA) is 126 Å². The van der Waals surface area contributed by atoms with Gasteiger partial charge in [-0.15, -0.1) is 0 Å². The highest BCUT2D eigenvalue weighted by atomic mass is 32.2. The van der Waals surface area contributed by atoms with Crippen molar-refractivity contribution in [1.29, 1.82) is 0 Å². The standard InChI is InChI=1S/C21H20N6O3S2/c1-13-15(6-5-9-22-13)30-16-10-14(31-17-7-3-4-8-23-17)11-24-18(16)25-20-26-19(27-32-20)21(2,29)12-28/h3-11,28-29H,12H2,1-2H3,(H,24,25,26,27). The zero-order chi connectivity index (χ0) is 22.6. The molecule has 1 atom stereocenters. The largest absolute Gasteiger partial charge is 0.452 e. The first-order valence-electron chi connectivity index (χ1n) is 9.57. The maximum atomic E-state index is 10.2. The van der Waals surface area contributed by atoms with Gasteiger partial charge in [-0.2, -0.15) is 4.37 Å². The summed E-state index contributed by atoms with van der Waals surface area (Å²) in [5.41, 5.74) is -0.794. The molecule has 0 radical (unpaired) electrons. The molecule has 0 aliphatic rings. The second-order valence-electron chi connectivity index (χ2n) is 6.96. The fourth-order valence-corrected chi connectivity index (χ4v) is 4.00. The highest BCUT2D eigenvalue weighted by Crippen LogP contribution is 2.36. The second-order valence-corrected chi connectivity index (χ2v) is 8.80. The van der Waals surface area contributed by atoms with Crippen LogP contribution in [0.5, 0.6) is 11.5 Å². The maximum absolute atomic E-state index is 10.2. The highest BCUT2D eigenvalue weighted by Gasteiger charge is 2.27. The summed E-state index contributed by atoms with van der Waals surface area (Å²) in [4.78, 5) is 18.2. The van der Waals surface area contributed by atoms with Gasteiger partial charge < -0.3 is 20.3 Å². The number of aromatic nitrogens is 5. The van der Waals surface area contributed by atoms with Gasteiger partial charge in [-0.05, 0) is 38.1 Å². The molecule has 0 saturated carbocycles. The maximum Gasteiger partial charge on any atom is 0.208 e. The van der Waals surface area contributed by atoms with Crippen molar-refractivity contribution >= 4 is 34.2 Å². The van der Waals surface area contributed by atoms with Crippen LogP contribution in [0.1, 0.15) is 18.4 Å². The third kappa shape index (κ3) is 5.19. The van der Waals surface area contributed by atoms with Crippen LogP contribution in [0.4, 0.5) is 10.9 Å². The Morgan fingerprint density at radius 3 is 2.72 bits per heavy atom. The Labute approximate surface area is 192 Å². The van der Waals surface area contributed by atoms with Crippen LogP contribution in [0, 0.1) is 6.92 Å². The number of ether oxygens (including phenoxy) is 1. The lowest BCUT2D eigenvalue weighted by Gasteiger charge is -2.15. The first-order valence-corrected chi connectivity index (χ1v) is 11.2. The van der Waals surface area contributed by atoms with Crippen molar-refractivity contribution in [3.05, 3.63) is 66.5 Å². The molecule has 4 aromatic rings. The van der Waals surface area contributed by atoms with E-state index in [2.05, 4.69) is 29.6 Å². The molecular weight excluding hydrogens is 448 g/mol. The first-order chi connectivity index (χ1) is 15.4. The molecule has 4 aromatic heterocycles. The molecule has 0 aliphatic carbocycles.